The zero-order chi connectivity index (χ0) is 18.5. The van der Waals surface area contributed by atoms with E-state index in [0.29, 0.717) is 6.42 Å². The molecule has 3 rings (SSSR count). The quantitative estimate of drug-likeness (QED) is 0.677. The Labute approximate surface area is 149 Å². The highest BCUT2D eigenvalue weighted by molar-refractivity contribution is 5.30. The summed E-state index contributed by atoms with van der Waals surface area (Å²) in [4.78, 5) is 26.2. The van der Waals surface area contributed by atoms with E-state index >= 15 is 0 Å². The zero-order valence-corrected chi connectivity index (χ0v) is 14.1. The number of aliphatic hydroxyl groups excluding tert-OH is 2. The molecule has 1 aromatic heterocycles. The first-order chi connectivity index (χ1) is 12.6. The van der Waals surface area contributed by atoms with Crippen LogP contribution in [0, 0.1) is 11.8 Å². The minimum absolute atomic E-state index is 0.151. The molecule has 0 spiro atoms. The van der Waals surface area contributed by atoms with Gasteiger partial charge in [0.25, 0.3) is 5.56 Å². The van der Waals surface area contributed by atoms with Gasteiger partial charge in [-0.2, -0.15) is 0 Å². The molecule has 26 heavy (non-hydrogen) atoms. The first-order valence-corrected chi connectivity index (χ1v) is 8.41. The van der Waals surface area contributed by atoms with Gasteiger partial charge in [0.1, 0.15) is 17.9 Å². The lowest BCUT2D eigenvalue weighted by atomic mass is 10.1. The first kappa shape index (κ1) is 18.1. The van der Waals surface area contributed by atoms with Crippen LogP contribution in [-0.2, 0) is 11.2 Å². The summed E-state index contributed by atoms with van der Waals surface area (Å²) < 4.78 is 6.66. The van der Waals surface area contributed by atoms with Crippen molar-refractivity contribution in [2.75, 3.05) is 6.61 Å². The summed E-state index contributed by atoms with van der Waals surface area (Å²) in [6, 6.07) is 9.88. The molecule has 3 N–H and O–H groups in total. The third-order valence-corrected chi connectivity index (χ3v) is 4.27. The average molecular weight is 356 g/mol. The van der Waals surface area contributed by atoms with E-state index in [1.165, 1.54) is 10.8 Å². The number of benzene rings is 1. The molecule has 1 fully saturated rings. The van der Waals surface area contributed by atoms with E-state index in [1.807, 2.05) is 30.3 Å². The van der Waals surface area contributed by atoms with Gasteiger partial charge < -0.3 is 14.9 Å². The molecular formula is C19H20N2O5. The largest absolute Gasteiger partial charge is 0.394 e. The zero-order valence-electron chi connectivity index (χ0n) is 14.1. The predicted octanol–water partition coefficient (Wildman–Crippen LogP) is 0.162. The van der Waals surface area contributed by atoms with Crippen LogP contribution >= 0.6 is 0 Å². The Hall–Kier alpha value is -2.66. The summed E-state index contributed by atoms with van der Waals surface area (Å²) in [5.74, 6) is 5.73. The number of aromatic amines is 1. The molecule has 7 nitrogen and oxygen atoms in total. The van der Waals surface area contributed by atoms with E-state index in [-0.39, 0.29) is 18.6 Å². The van der Waals surface area contributed by atoms with E-state index in [4.69, 9.17) is 9.84 Å². The van der Waals surface area contributed by atoms with Gasteiger partial charge in [-0.1, -0.05) is 42.2 Å². The molecule has 0 unspecified atom stereocenters. The Morgan fingerprint density at radius 3 is 2.73 bits per heavy atom. The molecular weight excluding hydrogens is 336 g/mol. The van der Waals surface area contributed by atoms with Crippen molar-refractivity contribution >= 4 is 0 Å². The summed E-state index contributed by atoms with van der Waals surface area (Å²) >= 11 is 0. The van der Waals surface area contributed by atoms with Gasteiger partial charge in [0.05, 0.1) is 12.7 Å². The molecule has 2 heterocycles. The Morgan fingerprint density at radius 2 is 2.04 bits per heavy atom. The van der Waals surface area contributed by atoms with Crippen LogP contribution in [0.15, 0.2) is 46.1 Å². The van der Waals surface area contributed by atoms with Gasteiger partial charge in [0.2, 0.25) is 0 Å². The smallest absolute Gasteiger partial charge is 0.330 e. The van der Waals surface area contributed by atoms with Crippen molar-refractivity contribution in [2.45, 2.75) is 37.7 Å². The summed E-state index contributed by atoms with van der Waals surface area (Å²) in [7, 11) is 0. The molecule has 0 radical (unpaired) electrons. The van der Waals surface area contributed by atoms with Crippen LogP contribution in [0.1, 0.15) is 30.2 Å². The minimum atomic E-state index is -0.871. The Kier molecular flexibility index (Phi) is 5.68. The molecule has 7 heteroatoms. The van der Waals surface area contributed by atoms with Crippen molar-refractivity contribution in [1.29, 1.82) is 0 Å². The van der Waals surface area contributed by atoms with Crippen LogP contribution in [0.3, 0.4) is 0 Å². The average Bonchev–Trinajstić information content (AvgIpc) is 3.01. The topological polar surface area (TPSA) is 105 Å². The van der Waals surface area contributed by atoms with E-state index in [2.05, 4.69) is 16.8 Å². The van der Waals surface area contributed by atoms with Gasteiger partial charge in [-0.25, -0.2) is 4.79 Å². The second-order valence-corrected chi connectivity index (χ2v) is 6.11. The third kappa shape index (κ3) is 4.11. The predicted molar refractivity (Wildman–Crippen MR) is 94.6 cm³/mol. The van der Waals surface area contributed by atoms with Crippen molar-refractivity contribution in [2.24, 2.45) is 0 Å². The van der Waals surface area contributed by atoms with Crippen LogP contribution in [-0.4, -0.2) is 38.6 Å². The number of nitrogens with one attached hydrogen (secondary N) is 1. The van der Waals surface area contributed by atoms with Gasteiger partial charge in [0.15, 0.2) is 0 Å². The molecule has 0 saturated carbocycles. The normalized spacial score (nSPS) is 22.0. The maximum absolute atomic E-state index is 12.0. The summed E-state index contributed by atoms with van der Waals surface area (Å²) in [6.45, 7) is -0.345. The number of ether oxygens (including phenoxy) is 1. The van der Waals surface area contributed by atoms with Crippen molar-refractivity contribution in [1.82, 2.24) is 9.55 Å². The molecule has 1 aromatic carbocycles. The fourth-order valence-corrected chi connectivity index (χ4v) is 2.85. The van der Waals surface area contributed by atoms with Crippen LogP contribution in [0.25, 0.3) is 0 Å². The third-order valence-electron chi connectivity index (χ3n) is 4.27. The highest BCUT2D eigenvalue weighted by Gasteiger charge is 2.35. The maximum atomic E-state index is 12.0. The SMILES string of the molecule is O=c1[nH]c(=O)n([C@H]2C[C@H](O)[C@@H](CO)O2)cc1C#CCCc1ccccc1. The molecule has 136 valence electrons. The monoisotopic (exact) mass is 356 g/mol. The highest BCUT2D eigenvalue weighted by Crippen LogP contribution is 2.27. The van der Waals surface area contributed by atoms with Gasteiger partial charge in [-0.15, -0.1) is 0 Å². The molecule has 1 aliphatic rings. The lowest BCUT2D eigenvalue weighted by Crippen LogP contribution is -2.33. The number of aromatic nitrogens is 2. The number of hydrogen-bond acceptors (Lipinski definition) is 5. The van der Waals surface area contributed by atoms with Gasteiger partial charge in [0, 0.05) is 19.0 Å². The van der Waals surface area contributed by atoms with Crippen molar-refractivity contribution in [3.05, 3.63) is 68.5 Å². The summed E-state index contributed by atoms with van der Waals surface area (Å²) in [6.07, 6.45) is 0.459. The number of rotatable bonds is 4. The number of aryl methyl sites for hydroxylation is 1. The molecule has 2 aromatic rings. The Balaban J connectivity index is 1.76. The van der Waals surface area contributed by atoms with E-state index in [1.54, 1.807) is 0 Å². The first-order valence-electron chi connectivity index (χ1n) is 8.41. The molecule has 1 saturated heterocycles. The lowest BCUT2D eigenvalue weighted by Gasteiger charge is -2.14. The van der Waals surface area contributed by atoms with Crippen LogP contribution in [0.2, 0.25) is 0 Å². The van der Waals surface area contributed by atoms with E-state index in [0.717, 1.165) is 12.0 Å². The van der Waals surface area contributed by atoms with E-state index in [9.17, 15) is 14.7 Å². The van der Waals surface area contributed by atoms with Gasteiger partial charge in [-0.3, -0.25) is 14.3 Å². The second-order valence-electron chi connectivity index (χ2n) is 6.11. The number of aliphatic hydroxyl groups is 2. The number of nitrogens with zero attached hydrogens (tertiary/aromatic N) is 1. The molecule has 3 atom stereocenters. The second kappa shape index (κ2) is 8.15. The highest BCUT2D eigenvalue weighted by atomic mass is 16.5. The molecule has 0 amide bonds. The van der Waals surface area contributed by atoms with E-state index < -0.39 is 29.7 Å². The molecule has 0 aliphatic carbocycles. The van der Waals surface area contributed by atoms with Crippen LogP contribution < -0.4 is 11.2 Å². The van der Waals surface area contributed by atoms with Crippen molar-refractivity contribution in [3.63, 3.8) is 0 Å². The summed E-state index contributed by atoms with van der Waals surface area (Å²) in [5.41, 5.74) is 0.114. The fraction of sp³-hybridized carbons (Fsp3) is 0.368. The van der Waals surface area contributed by atoms with Gasteiger partial charge in [-0.05, 0) is 12.0 Å². The molecule has 1 aliphatic heterocycles. The van der Waals surface area contributed by atoms with Crippen LogP contribution in [0.5, 0.6) is 0 Å². The summed E-state index contributed by atoms with van der Waals surface area (Å²) in [5, 5.41) is 19.0. The molecule has 0 bridgehead atoms. The number of H-pyrrole nitrogens is 1. The van der Waals surface area contributed by atoms with Crippen molar-refractivity contribution < 1.29 is 14.9 Å². The fourth-order valence-electron chi connectivity index (χ4n) is 2.85. The maximum Gasteiger partial charge on any atom is 0.330 e. The van der Waals surface area contributed by atoms with Crippen LogP contribution in [0.4, 0.5) is 0 Å². The van der Waals surface area contributed by atoms with Crippen molar-refractivity contribution in [3.8, 4) is 11.8 Å². The Bertz CT molecular complexity index is 923. The Morgan fingerprint density at radius 1 is 1.27 bits per heavy atom. The minimum Gasteiger partial charge on any atom is -0.394 e. The van der Waals surface area contributed by atoms with Gasteiger partial charge >= 0.3 is 5.69 Å². The number of hydrogen-bond donors (Lipinski definition) is 3. The lowest BCUT2D eigenvalue weighted by molar-refractivity contribution is -0.0459. The standard InChI is InChI=1S/C19H20N2O5/c22-12-16-15(23)10-17(26-16)21-11-14(18(24)20-19(21)25)9-5-4-8-13-6-2-1-3-7-13/h1-3,6-7,11,15-17,22-23H,4,8,10,12H2,(H,20,24,25)/t15-,16+,17+/m0/s1.